The summed E-state index contributed by atoms with van der Waals surface area (Å²) in [4.78, 5) is 38.8. The largest absolute Gasteiger partial charge is 0.399 e. The van der Waals surface area contributed by atoms with E-state index in [-0.39, 0.29) is 47.9 Å². The van der Waals surface area contributed by atoms with Crippen molar-refractivity contribution in [2.75, 3.05) is 12.3 Å². The monoisotopic (exact) mass is 472 g/mol. The first-order chi connectivity index (χ1) is 15.7. The van der Waals surface area contributed by atoms with Crippen LogP contribution in [0.4, 0.5) is 10.1 Å². The molecular weight excluding hydrogens is 451 g/mol. The first-order valence-electron chi connectivity index (χ1n) is 10.3. The Morgan fingerprint density at radius 3 is 2.70 bits per heavy atom. The quantitative estimate of drug-likeness (QED) is 0.429. The second kappa shape index (κ2) is 9.07. The third kappa shape index (κ3) is 4.90. The standard InChI is InChI=1S/C22H22ClFN6O3/c23-16-3-1-2-12(20(16)24)9-27-18(31)10-29(14-5-6-14)19(32)11-30-17-8-13(25)4-7-15(17)21(28-30)22(26)33/h1-4,7-8,14H,5-6,9-11,25H2,(H2,26,33)(H,27,31). The third-order valence-corrected chi connectivity index (χ3v) is 5.72. The van der Waals surface area contributed by atoms with E-state index < -0.39 is 17.6 Å². The third-order valence-electron chi connectivity index (χ3n) is 5.42. The Bertz CT molecular complexity index is 1260. The molecule has 33 heavy (non-hydrogen) atoms. The highest BCUT2D eigenvalue weighted by molar-refractivity contribution is 6.30. The molecule has 0 radical (unpaired) electrons. The van der Waals surface area contributed by atoms with E-state index in [1.807, 2.05) is 0 Å². The van der Waals surface area contributed by atoms with Gasteiger partial charge in [0.2, 0.25) is 11.8 Å². The Hall–Kier alpha value is -3.66. The van der Waals surface area contributed by atoms with Crippen molar-refractivity contribution in [3.8, 4) is 0 Å². The SMILES string of the molecule is NC(=O)c1nn(CC(=O)N(CC(=O)NCc2cccc(Cl)c2F)C2CC2)c2cc(N)ccc12. The maximum absolute atomic E-state index is 14.0. The molecule has 1 saturated carbocycles. The van der Waals surface area contributed by atoms with Crippen molar-refractivity contribution in [1.82, 2.24) is 20.0 Å². The fourth-order valence-corrected chi connectivity index (χ4v) is 3.80. The van der Waals surface area contributed by atoms with Gasteiger partial charge in [-0.2, -0.15) is 5.10 Å². The molecule has 0 aliphatic heterocycles. The van der Waals surface area contributed by atoms with Gasteiger partial charge < -0.3 is 21.7 Å². The zero-order valence-electron chi connectivity index (χ0n) is 17.6. The maximum atomic E-state index is 14.0. The molecule has 172 valence electrons. The van der Waals surface area contributed by atoms with E-state index in [4.69, 9.17) is 23.1 Å². The molecule has 3 aromatic rings. The number of amides is 3. The molecule has 11 heteroatoms. The van der Waals surface area contributed by atoms with Crippen LogP contribution in [0.5, 0.6) is 0 Å². The fourth-order valence-electron chi connectivity index (χ4n) is 3.61. The van der Waals surface area contributed by atoms with E-state index in [1.165, 1.54) is 21.7 Å². The molecule has 0 spiro atoms. The van der Waals surface area contributed by atoms with E-state index in [2.05, 4.69) is 10.4 Å². The van der Waals surface area contributed by atoms with Gasteiger partial charge >= 0.3 is 0 Å². The second-order valence-electron chi connectivity index (χ2n) is 7.89. The summed E-state index contributed by atoms with van der Waals surface area (Å²) in [6, 6.07) is 9.33. The first-order valence-corrected chi connectivity index (χ1v) is 10.7. The number of halogens is 2. The first kappa shape index (κ1) is 22.5. The zero-order chi connectivity index (χ0) is 23.7. The van der Waals surface area contributed by atoms with Gasteiger partial charge in [0.25, 0.3) is 5.91 Å². The number of rotatable bonds is 8. The molecule has 5 N–H and O–H groups in total. The maximum Gasteiger partial charge on any atom is 0.269 e. The van der Waals surface area contributed by atoms with Crippen LogP contribution in [0.15, 0.2) is 36.4 Å². The lowest BCUT2D eigenvalue weighted by atomic mass is 10.2. The minimum Gasteiger partial charge on any atom is -0.399 e. The molecule has 2 aromatic carbocycles. The van der Waals surface area contributed by atoms with Crippen molar-refractivity contribution in [2.24, 2.45) is 5.73 Å². The molecule has 4 rings (SSSR count). The number of hydrogen-bond acceptors (Lipinski definition) is 5. The number of nitrogens with zero attached hydrogens (tertiary/aromatic N) is 3. The predicted octanol–water partition coefficient (Wildman–Crippen LogP) is 1.82. The van der Waals surface area contributed by atoms with Crippen LogP contribution in [0.25, 0.3) is 10.9 Å². The van der Waals surface area contributed by atoms with E-state index in [0.29, 0.717) is 16.6 Å². The summed E-state index contributed by atoms with van der Waals surface area (Å²) in [6.07, 6.45) is 1.56. The lowest BCUT2D eigenvalue weighted by Gasteiger charge is -2.22. The Morgan fingerprint density at radius 1 is 1.24 bits per heavy atom. The number of carbonyl (C=O) groups is 3. The minimum atomic E-state index is -0.720. The summed E-state index contributed by atoms with van der Waals surface area (Å²) in [5.41, 5.74) is 12.5. The van der Waals surface area contributed by atoms with Gasteiger partial charge in [0.15, 0.2) is 5.69 Å². The van der Waals surface area contributed by atoms with E-state index in [1.54, 1.807) is 24.3 Å². The highest BCUT2D eigenvalue weighted by Gasteiger charge is 2.34. The number of aromatic nitrogens is 2. The van der Waals surface area contributed by atoms with Gasteiger partial charge in [-0.25, -0.2) is 4.39 Å². The van der Waals surface area contributed by atoms with Crippen molar-refractivity contribution in [3.05, 3.63) is 58.5 Å². The molecule has 0 unspecified atom stereocenters. The van der Waals surface area contributed by atoms with Crippen LogP contribution in [0, 0.1) is 5.82 Å². The van der Waals surface area contributed by atoms with Crippen LogP contribution in [-0.2, 0) is 22.7 Å². The van der Waals surface area contributed by atoms with Crippen molar-refractivity contribution in [1.29, 1.82) is 0 Å². The van der Waals surface area contributed by atoms with Gasteiger partial charge in [0, 0.05) is 29.2 Å². The molecule has 1 aliphatic rings. The topological polar surface area (TPSA) is 136 Å². The number of nitrogen functional groups attached to an aromatic ring is 1. The molecule has 0 saturated heterocycles. The van der Waals surface area contributed by atoms with Crippen LogP contribution < -0.4 is 16.8 Å². The molecule has 1 aliphatic carbocycles. The molecule has 9 nitrogen and oxygen atoms in total. The molecule has 1 fully saturated rings. The van der Waals surface area contributed by atoms with E-state index in [0.717, 1.165) is 12.8 Å². The normalized spacial score (nSPS) is 13.2. The van der Waals surface area contributed by atoms with Gasteiger partial charge in [-0.3, -0.25) is 19.1 Å². The second-order valence-corrected chi connectivity index (χ2v) is 8.30. The molecular formula is C22H22ClFN6O3. The fraction of sp³-hybridized carbons (Fsp3) is 0.273. The molecule has 3 amide bonds. The van der Waals surface area contributed by atoms with E-state index in [9.17, 15) is 18.8 Å². The molecule has 1 heterocycles. The number of hydrogen-bond donors (Lipinski definition) is 3. The van der Waals surface area contributed by atoms with Gasteiger partial charge in [-0.1, -0.05) is 23.7 Å². The highest BCUT2D eigenvalue weighted by atomic mass is 35.5. The average molecular weight is 473 g/mol. The number of carbonyl (C=O) groups excluding carboxylic acids is 3. The van der Waals surface area contributed by atoms with Gasteiger partial charge in [0.05, 0.1) is 17.1 Å². The smallest absolute Gasteiger partial charge is 0.269 e. The van der Waals surface area contributed by atoms with Crippen LogP contribution >= 0.6 is 11.6 Å². The van der Waals surface area contributed by atoms with Gasteiger partial charge in [-0.15, -0.1) is 0 Å². The minimum absolute atomic E-state index is 0.0288. The summed E-state index contributed by atoms with van der Waals surface area (Å²) in [7, 11) is 0. The number of anilines is 1. The Labute approximate surface area is 193 Å². The molecule has 0 atom stereocenters. The summed E-state index contributed by atoms with van der Waals surface area (Å²) >= 11 is 5.77. The summed E-state index contributed by atoms with van der Waals surface area (Å²) in [5.74, 6) is -2.08. The lowest BCUT2D eigenvalue weighted by Crippen LogP contribution is -2.43. The van der Waals surface area contributed by atoms with Crippen molar-refractivity contribution in [3.63, 3.8) is 0 Å². The summed E-state index contributed by atoms with van der Waals surface area (Å²) in [5, 5.41) is 7.27. The Morgan fingerprint density at radius 2 is 2.00 bits per heavy atom. The van der Waals surface area contributed by atoms with Crippen molar-refractivity contribution < 1.29 is 18.8 Å². The number of nitrogens with one attached hydrogen (secondary N) is 1. The van der Waals surface area contributed by atoms with Gasteiger partial charge in [-0.05, 0) is 37.1 Å². The number of primary amides is 1. The molecule has 0 bridgehead atoms. The van der Waals surface area contributed by atoms with Crippen molar-refractivity contribution in [2.45, 2.75) is 32.0 Å². The number of benzene rings is 2. The van der Waals surface area contributed by atoms with Gasteiger partial charge in [0.1, 0.15) is 12.4 Å². The van der Waals surface area contributed by atoms with Crippen LogP contribution in [0.2, 0.25) is 5.02 Å². The number of fused-ring (bicyclic) bond motifs is 1. The van der Waals surface area contributed by atoms with E-state index >= 15 is 0 Å². The predicted molar refractivity (Wildman–Crippen MR) is 121 cm³/mol. The number of nitrogens with two attached hydrogens (primary N) is 2. The van der Waals surface area contributed by atoms with Crippen LogP contribution in [0.3, 0.4) is 0 Å². The average Bonchev–Trinajstić information content (AvgIpc) is 3.55. The summed E-state index contributed by atoms with van der Waals surface area (Å²) in [6.45, 7) is -0.432. The highest BCUT2D eigenvalue weighted by Crippen LogP contribution is 2.28. The van der Waals surface area contributed by atoms with Crippen LogP contribution in [-0.4, -0.2) is 45.0 Å². The van der Waals surface area contributed by atoms with Crippen molar-refractivity contribution >= 4 is 45.9 Å². The molecule has 1 aromatic heterocycles. The zero-order valence-corrected chi connectivity index (χ0v) is 18.3. The Balaban J connectivity index is 1.47. The Kier molecular flexibility index (Phi) is 6.19. The van der Waals surface area contributed by atoms with Crippen LogP contribution in [0.1, 0.15) is 28.9 Å². The summed E-state index contributed by atoms with van der Waals surface area (Å²) < 4.78 is 15.4. The lowest BCUT2D eigenvalue weighted by molar-refractivity contribution is -0.137.